The van der Waals surface area contributed by atoms with Gasteiger partial charge in [0, 0.05) is 19.3 Å². The molecule has 1 amide bonds. The summed E-state index contributed by atoms with van der Waals surface area (Å²) in [5, 5.41) is 6.02. The van der Waals surface area contributed by atoms with Gasteiger partial charge in [-0.2, -0.15) is 4.91 Å². The average molecular weight is 272 g/mol. The van der Waals surface area contributed by atoms with Crippen molar-refractivity contribution in [3.63, 3.8) is 0 Å². The van der Waals surface area contributed by atoms with E-state index in [1.807, 2.05) is 27.7 Å². The summed E-state index contributed by atoms with van der Waals surface area (Å²) in [5.74, 6) is 0. The molecule has 0 radical (unpaired) electrons. The molecule has 1 N–H and O–H groups in total. The number of nitrogens with zero attached hydrogens (tertiary/aromatic N) is 1. The number of ether oxygens (including phenoxy) is 2. The van der Waals surface area contributed by atoms with E-state index in [4.69, 9.17) is 9.47 Å². The topological polar surface area (TPSA) is 77.0 Å². The van der Waals surface area contributed by atoms with Gasteiger partial charge in [0.1, 0.15) is 11.1 Å². The first-order valence-corrected chi connectivity index (χ1v) is 6.68. The van der Waals surface area contributed by atoms with Gasteiger partial charge in [0.05, 0.1) is 0 Å². The van der Waals surface area contributed by atoms with Crippen LogP contribution in [-0.4, -0.2) is 36.5 Å². The number of hydrogen-bond donors (Lipinski definition) is 1. The Bertz CT molecular complexity index is 319. The Morgan fingerprint density at radius 3 is 2.47 bits per heavy atom. The summed E-state index contributed by atoms with van der Waals surface area (Å²) in [6, 6.07) is -0.161. The predicted molar refractivity (Wildman–Crippen MR) is 72.0 cm³/mol. The zero-order valence-electron chi connectivity index (χ0n) is 12.2. The third-order valence-corrected chi connectivity index (χ3v) is 3.07. The summed E-state index contributed by atoms with van der Waals surface area (Å²) < 4.78 is 10.4. The smallest absolute Gasteiger partial charge is 0.407 e. The van der Waals surface area contributed by atoms with Gasteiger partial charge in [-0.05, 0) is 47.0 Å². The lowest BCUT2D eigenvalue weighted by molar-refractivity contribution is 0.0402. The van der Waals surface area contributed by atoms with Crippen molar-refractivity contribution >= 4 is 6.09 Å². The fourth-order valence-corrected chi connectivity index (χ4v) is 2.21. The molecule has 0 aromatic heterocycles. The molecule has 1 saturated heterocycles. The number of carbonyl (C=O) groups excluding carboxylic acids is 1. The van der Waals surface area contributed by atoms with Crippen molar-refractivity contribution < 1.29 is 14.3 Å². The fourth-order valence-electron chi connectivity index (χ4n) is 2.21. The number of nitrogens with one attached hydrogen (secondary N) is 1. The minimum absolute atomic E-state index is 0.161. The third-order valence-electron chi connectivity index (χ3n) is 3.07. The number of hydrogen-bond acceptors (Lipinski definition) is 5. The molecule has 1 aliphatic heterocycles. The lowest BCUT2D eigenvalue weighted by atomic mass is 9.85. The van der Waals surface area contributed by atoms with Gasteiger partial charge >= 0.3 is 6.09 Å². The SMILES string of the molecule is C[C@H](CC1(N=O)CCOCC1)NC(=O)OC(C)(C)C. The molecule has 0 aliphatic carbocycles. The molecule has 19 heavy (non-hydrogen) atoms. The molecule has 6 nitrogen and oxygen atoms in total. The Hall–Kier alpha value is -1.17. The molecule has 0 spiro atoms. The zero-order chi connectivity index (χ0) is 14.5. The molecular formula is C13H24N2O4. The van der Waals surface area contributed by atoms with Crippen molar-refractivity contribution in [1.29, 1.82) is 0 Å². The second-order valence-corrected chi connectivity index (χ2v) is 6.18. The molecule has 0 bridgehead atoms. The lowest BCUT2D eigenvalue weighted by Crippen LogP contribution is -2.44. The highest BCUT2D eigenvalue weighted by Crippen LogP contribution is 2.30. The van der Waals surface area contributed by atoms with E-state index in [1.165, 1.54) is 0 Å². The van der Waals surface area contributed by atoms with E-state index in [0.29, 0.717) is 32.5 Å². The van der Waals surface area contributed by atoms with E-state index in [1.54, 1.807) is 0 Å². The van der Waals surface area contributed by atoms with Crippen LogP contribution in [0.2, 0.25) is 0 Å². The summed E-state index contributed by atoms with van der Waals surface area (Å²) >= 11 is 0. The summed E-state index contributed by atoms with van der Waals surface area (Å²) in [6.07, 6.45) is 1.26. The number of alkyl carbamates (subject to hydrolysis) is 1. The Kier molecular flexibility index (Phi) is 5.29. The van der Waals surface area contributed by atoms with Crippen LogP contribution < -0.4 is 5.32 Å². The van der Waals surface area contributed by atoms with Gasteiger partial charge in [0.2, 0.25) is 0 Å². The first-order chi connectivity index (χ1) is 8.76. The van der Waals surface area contributed by atoms with Crippen LogP contribution in [0.4, 0.5) is 4.79 Å². The van der Waals surface area contributed by atoms with Crippen LogP contribution in [0.15, 0.2) is 5.18 Å². The summed E-state index contributed by atoms with van der Waals surface area (Å²) in [6.45, 7) is 8.38. The van der Waals surface area contributed by atoms with E-state index in [0.717, 1.165) is 0 Å². The van der Waals surface area contributed by atoms with E-state index in [2.05, 4.69) is 10.5 Å². The highest BCUT2D eigenvalue weighted by molar-refractivity contribution is 5.68. The van der Waals surface area contributed by atoms with Crippen LogP contribution in [0.3, 0.4) is 0 Å². The van der Waals surface area contributed by atoms with Gasteiger partial charge in [0.15, 0.2) is 0 Å². The molecule has 0 unspecified atom stereocenters. The summed E-state index contributed by atoms with van der Waals surface area (Å²) in [5.41, 5.74) is -1.14. The highest BCUT2D eigenvalue weighted by Gasteiger charge is 2.36. The van der Waals surface area contributed by atoms with Gasteiger partial charge in [-0.15, -0.1) is 0 Å². The Balaban J connectivity index is 2.47. The maximum absolute atomic E-state index is 11.6. The Morgan fingerprint density at radius 1 is 1.42 bits per heavy atom. The van der Waals surface area contributed by atoms with E-state index < -0.39 is 17.2 Å². The molecule has 0 aromatic carbocycles. The normalized spacial score (nSPS) is 20.4. The molecule has 1 rings (SSSR count). The second-order valence-electron chi connectivity index (χ2n) is 6.18. The van der Waals surface area contributed by atoms with Gasteiger partial charge in [-0.1, -0.05) is 5.18 Å². The van der Waals surface area contributed by atoms with Crippen LogP contribution in [0.25, 0.3) is 0 Å². The van der Waals surface area contributed by atoms with Gasteiger partial charge in [-0.3, -0.25) is 0 Å². The first kappa shape index (κ1) is 15.9. The monoisotopic (exact) mass is 272 g/mol. The molecule has 1 atom stereocenters. The Morgan fingerprint density at radius 2 is 2.00 bits per heavy atom. The van der Waals surface area contributed by atoms with E-state index in [-0.39, 0.29) is 6.04 Å². The van der Waals surface area contributed by atoms with Crippen LogP contribution in [0, 0.1) is 4.91 Å². The van der Waals surface area contributed by atoms with Gasteiger partial charge in [-0.25, -0.2) is 4.79 Å². The second kappa shape index (κ2) is 6.32. The molecule has 1 heterocycles. The van der Waals surface area contributed by atoms with Crippen molar-refractivity contribution in [2.75, 3.05) is 13.2 Å². The molecule has 0 saturated carbocycles. The quantitative estimate of drug-likeness (QED) is 0.798. The van der Waals surface area contributed by atoms with Crippen molar-refractivity contribution in [1.82, 2.24) is 5.32 Å². The van der Waals surface area contributed by atoms with Crippen LogP contribution in [0.5, 0.6) is 0 Å². The maximum Gasteiger partial charge on any atom is 0.407 e. The minimum Gasteiger partial charge on any atom is -0.444 e. The number of nitroso groups, excluding NO2 is 1. The van der Waals surface area contributed by atoms with Crippen LogP contribution >= 0.6 is 0 Å². The Labute approximate surface area is 114 Å². The number of rotatable bonds is 4. The molecule has 6 heteroatoms. The van der Waals surface area contributed by atoms with Crippen molar-refractivity contribution in [2.45, 2.75) is 64.1 Å². The number of amides is 1. The molecule has 0 aromatic rings. The van der Waals surface area contributed by atoms with Crippen LogP contribution in [0.1, 0.15) is 47.0 Å². The molecular weight excluding hydrogens is 248 g/mol. The standard InChI is InChI=1S/C13H24N2O4/c1-10(14-11(16)19-12(2,3)4)9-13(15-17)5-7-18-8-6-13/h10H,5-9H2,1-4H3,(H,14,16)/t10-/m1/s1. The van der Waals surface area contributed by atoms with Crippen molar-refractivity contribution in [2.24, 2.45) is 5.18 Å². The first-order valence-electron chi connectivity index (χ1n) is 6.68. The fraction of sp³-hybridized carbons (Fsp3) is 0.923. The van der Waals surface area contributed by atoms with Crippen LogP contribution in [-0.2, 0) is 9.47 Å². The number of carbonyl (C=O) groups is 1. The molecule has 1 fully saturated rings. The van der Waals surface area contributed by atoms with Gasteiger partial charge in [0.25, 0.3) is 0 Å². The minimum atomic E-state index is -0.618. The molecule has 1 aliphatic rings. The average Bonchev–Trinajstić information content (AvgIpc) is 2.27. The van der Waals surface area contributed by atoms with Gasteiger partial charge < -0.3 is 14.8 Å². The summed E-state index contributed by atoms with van der Waals surface area (Å²) in [7, 11) is 0. The van der Waals surface area contributed by atoms with Crippen molar-refractivity contribution in [3.8, 4) is 0 Å². The van der Waals surface area contributed by atoms with E-state index in [9.17, 15) is 9.70 Å². The maximum atomic E-state index is 11.6. The van der Waals surface area contributed by atoms with Crippen molar-refractivity contribution in [3.05, 3.63) is 4.91 Å². The zero-order valence-corrected chi connectivity index (χ0v) is 12.2. The third kappa shape index (κ3) is 5.55. The molecule has 110 valence electrons. The highest BCUT2D eigenvalue weighted by atomic mass is 16.6. The lowest BCUT2D eigenvalue weighted by Gasteiger charge is -2.32. The summed E-state index contributed by atoms with van der Waals surface area (Å²) in [4.78, 5) is 22.7. The largest absolute Gasteiger partial charge is 0.444 e. The predicted octanol–water partition coefficient (Wildman–Crippen LogP) is 2.61. The van der Waals surface area contributed by atoms with E-state index >= 15 is 0 Å².